The van der Waals surface area contributed by atoms with Gasteiger partial charge in [-0.2, -0.15) is 0 Å². The molecule has 0 saturated carbocycles. The summed E-state index contributed by atoms with van der Waals surface area (Å²) in [4.78, 5) is 25.2. The van der Waals surface area contributed by atoms with Crippen molar-refractivity contribution in [2.45, 2.75) is 13.8 Å². The van der Waals surface area contributed by atoms with Crippen molar-refractivity contribution in [2.75, 3.05) is 6.54 Å². The zero-order valence-corrected chi connectivity index (χ0v) is 14.0. The minimum atomic E-state index is -0.473. The van der Waals surface area contributed by atoms with E-state index in [0.717, 1.165) is 21.9 Å². The number of nitrogens with zero attached hydrogens (tertiary/aromatic N) is 2. The van der Waals surface area contributed by atoms with Gasteiger partial charge in [-0.3, -0.25) is 9.69 Å². The van der Waals surface area contributed by atoms with Crippen molar-refractivity contribution in [1.29, 1.82) is 0 Å². The van der Waals surface area contributed by atoms with Crippen LogP contribution in [0.2, 0.25) is 0 Å². The van der Waals surface area contributed by atoms with Crippen LogP contribution in [-0.2, 0) is 4.79 Å². The topological polar surface area (TPSA) is 54.3 Å². The first-order valence-electron chi connectivity index (χ1n) is 7.83. The van der Waals surface area contributed by atoms with Gasteiger partial charge >= 0.3 is 6.03 Å². The normalized spacial score (nSPS) is 15.8. The van der Waals surface area contributed by atoms with E-state index in [1.807, 2.05) is 19.9 Å². The molecule has 128 valence electrons. The fraction of sp³-hybridized carbons (Fsp3) is 0.158. The first kappa shape index (κ1) is 16.7. The Hall–Kier alpha value is -3.15. The molecule has 5 nitrogen and oxygen atoms in total. The average molecular weight is 339 g/mol. The van der Waals surface area contributed by atoms with E-state index in [-0.39, 0.29) is 18.1 Å². The lowest BCUT2D eigenvalue weighted by Gasteiger charge is -2.10. The molecule has 1 fully saturated rings. The molecule has 0 bridgehead atoms. The zero-order valence-electron chi connectivity index (χ0n) is 14.0. The minimum Gasteiger partial charge on any atom is -0.315 e. The zero-order chi connectivity index (χ0) is 18.1. The maximum absolute atomic E-state index is 14.1. The lowest BCUT2D eigenvalue weighted by molar-refractivity contribution is -0.122. The summed E-state index contributed by atoms with van der Waals surface area (Å²) < 4.78 is 15.9. The van der Waals surface area contributed by atoms with Gasteiger partial charge in [0.05, 0.1) is 5.69 Å². The molecule has 1 aliphatic heterocycles. The average Bonchev–Trinajstić information content (AvgIpc) is 2.99. The van der Waals surface area contributed by atoms with Crippen LogP contribution in [-0.4, -0.2) is 28.0 Å². The predicted molar refractivity (Wildman–Crippen MR) is 93.6 cm³/mol. The number of nitrogens with one attached hydrogen (secondary N) is 1. The fourth-order valence-electron chi connectivity index (χ4n) is 2.96. The molecule has 1 saturated heterocycles. The van der Waals surface area contributed by atoms with Gasteiger partial charge in [0.15, 0.2) is 0 Å². The second kappa shape index (κ2) is 6.39. The van der Waals surface area contributed by atoms with Crippen LogP contribution >= 0.6 is 0 Å². The van der Waals surface area contributed by atoms with E-state index in [0.29, 0.717) is 5.69 Å². The SMILES string of the molecule is C=CCN1C(=O)N/C(=C\c2cc(C)n(-c3ccccc3F)c2C)C1=O. The maximum atomic E-state index is 14.1. The van der Waals surface area contributed by atoms with Crippen LogP contribution in [0.1, 0.15) is 17.0 Å². The van der Waals surface area contributed by atoms with Crippen molar-refractivity contribution in [1.82, 2.24) is 14.8 Å². The van der Waals surface area contributed by atoms with Crippen molar-refractivity contribution in [3.05, 3.63) is 71.5 Å². The molecule has 1 aromatic carbocycles. The van der Waals surface area contributed by atoms with Crippen LogP contribution in [0.4, 0.5) is 9.18 Å². The van der Waals surface area contributed by atoms with Crippen LogP contribution in [0, 0.1) is 19.7 Å². The number of halogens is 1. The van der Waals surface area contributed by atoms with E-state index in [4.69, 9.17) is 0 Å². The molecule has 0 aliphatic carbocycles. The number of para-hydroxylation sites is 1. The number of amides is 3. The van der Waals surface area contributed by atoms with Crippen LogP contribution in [0.15, 0.2) is 48.7 Å². The van der Waals surface area contributed by atoms with Crippen molar-refractivity contribution in [3.63, 3.8) is 0 Å². The van der Waals surface area contributed by atoms with Crippen molar-refractivity contribution < 1.29 is 14.0 Å². The van der Waals surface area contributed by atoms with Crippen LogP contribution in [0.25, 0.3) is 11.8 Å². The van der Waals surface area contributed by atoms with E-state index in [1.54, 1.807) is 28.8 Å². The highest BCUT2D eigenvalue weighted by Crippen LogP contribution is 2.25. The van der Waals surface area contributed by atoms with Crippen molar-refractivity contribution in [2.24, 2.45) is 0 Å². The smallest absolute Gasteiger partial charge is 0.315 e. The fourth-order valence-corrected chi connectivity index (χ4v) is 2.96. The summed E-state index contributed by atoms with van der Waals surface area (Å²) in [6, 6.07) is 7.88. The van der Waals surface area contributed by atoms with Gasteiger partial charge in [0.1, 0.15) is 11.5 Å². The van der Waals surface area contributed by atoms with Gasteiger partial charge < -0.3 is 9.88 Å². The Labute approximate surface area is 145 Å². The van der Waals surface area contributed by atoms with E-state index >= 15 is 0 Å². The molecule has 25 heavy (non-hydrogen) atoms. The van der Waals surface area contributed by atoms with E-state index in [9.17, 15) is 14.0 Å². The molecule has 3 rings (SSSR count). The van der Waals surface area contributed by atoms with Crippen molar-refractivity contribution in [3.8, 4) is 5.69 Å². The summed E-state index contributed by atoms with van der Waals surface area (Å²) in [5, 5.41) is 2.56. The summed E-state index contributed by atoms with van der Waals surface area (Å²) >= 11 is 0. The molecule has 1 aromatic heterocycles. The molecule has 0 spiro atoms. The van der Waals surface area contributed by atoms with E-state index in [2.05, 4.69) is 11.9 Å². The summed E-state index contributed by atoms with van der Waals surface area (Å²) in [6.07, 6.45) is 3.10. The highest BCUT2D eigenvalue weighted by Gasteiger charge is 2.32. The number of rotatable bonds is 4. The van der Waals surface area contributed by atoms with E-state index < -0.39 is 11.9 Å². The number of carbonyl (C=O) groups excluding carboxylic acids is 2. The van der Waals surface area contributed by atoms with Crippen LogP contribution in [0.3, 0.4) is 0 Å². The molecule has 0 atom stereocenters. The molecule has 6 heteroatoms. The second-order valence-corrected chi connectivity index (χ2v) is 5.81. The Bertz CT molecular complexity index is 911. The Morgan fingerprint density at radius 2 is 1.96 bits per heavy atom. The third-order valence-electron chi connectivity index (χ3n) is 4.14. The molecule has 2 heterocycles. The lowest BCUT2D eigenvalue weighted by atomic mass is 10.2. The third-order valence-corrected chi connectivity index (χ3v) is 4.14. The lowest BCUT2D eigenvalue weighted by Crippen LogP contribution is -2.30. The Morgan fingerprint density at radius 3 is 2.64 bits per heavy atom. The summed E-state index contributed by atoms with van der Waals surface area (Å²) in [5.41, 5.74) is 2.98. The summed E-state index contributed by atoms with van der Waals surface area (Å²) in [7, 11) is 0. The van der Waals surface area contributed by atoms with Gasteiger partial charge in [-0.05, 0) is 43.7 Å². The van der Waals surface area contributed by atoms with Gasteiger partial charge in [0, 0.05) is 17.9 Å². The third kappa shape index (κ3) is 2.87. The number of hydrogen-bond donors (Lipinski definition) is 1. The Kier molecular flexibility index (Phi) is 4.27. The van der Waals surface area contributed by atoms with Gasteiger partial charge in [-0.1, -0.05) is 18.2 Å². The first-order chi connectivity index (χ1) is 11.9. The van der Waals surface area contributed by atoms with Gasteiger partial charge in [0.2, 0.25) is 0 Å². The number of aromatic nitrogens is 1. The molecule has 2 aromatic rings. The van der Waals surface area contributed by atoms with Gasteiger partial charge in [-0.25, -0.2) is 9.18 Å². The molecule has 1 aliphatic rings. The monoisotopic (exact) mass is 339 g/mol. The molecular formula is C19H18FN3O2. The van der Waals surface area contributed by atoms with Crippen LogP contribution < -0.4 is 5.32 Å². The molecular weight excluding hydrogens is 321 g/mol. The van der Waals surface area contributed by atoms with Crippen molar-refractivity contribution >= 4 is 18.0 Å². The minimum absolute atomic E-state index is 0.149. The number of imide groups is 1. The van der Waals surface area contributed by atoms with Gasteiger partial charge in [0.25, 0.3) is 5.91 Å². The number of urea groups is 1. The number of hydrogen-bond acceptors (Lipinski definition) is 2. The number of carbonyl (C=O) groups is 2. The maximum Gasteiger partial charge on any atom is 0.329 e. The molecule has 0 unspecified atom stereocenters. The highest BCUT2D eigenvalue weighted by molar-refractivity contribution is 6.14. The predicted octanol–water partition coefficient (Wildman–Crippen LogP) is 3.31. The second-order valence-electron chi connectivity index (χ2n) is 5.81. The first-order valence-corrected chi connectivity index (χ1v) is 7.83. The number of benzene rings is 1. The summed E-state index contributed by atoms with van der Waals surface area (Å²) in [6.45, 7) is 7.39. The molecule has 3 amide bonds. The molecule has 1 N–H and O–H groups in total. The molecule has 0 radical (unpaired) electrons. The Morgan fingerprint density at radius 1 is 1.24 bits per heavy atom. The van der Waals surface area contributed by atoms with E-state index in [1.165, 1.54) is 12.1 Å². The van der Waals surface area contributed by atoms with Gasteiger partial charge in [-0.15, -0.1) is 6.58 Å². The van der Waals surface area contributed by atoms with Crippen LogP contribution in [0.5, 0.6) is 0 Å². The number of aryl methyl sites for hydroxylation is 1. The highest BCUT2D eigenvalue weighted by atomic mass is 19.1. The Balaban J connectivity index is 2.02. The quantitative estimate of drug-likeness (QED) is 0.528. The largest absolute Gasteiger partial charge is 0.329 e. The standard InChI is InChI=1S/C19H18FN3O2/c1-4-9-22-18(24)16(21-19(22)25)11-14-10-12(2)23(13(14)3)17-8-6-5-7-15(17)20/h4-8,10-11H,1,9H2,2-3H3,(H,21,25)/b16-11-. The summed E-state index contributed by atoms with van der Waals surface area (Å²) in [5.74, 6) is -0.730.